The van der Waals surface area contributed by atoms with E-state index in [2.05, 4.69) is 6.07 Å². The minimum absolute atomic E-state index is 0.269. The number of rotatable bonds is 2. The molecule has 2 aromatic rings. The Kier molecular flexibility index (Phi) is 3.47. The Morgan fingerprint density at radius 2 is 1.81 bits per heavy atom. The Bertz CT molecular complexity index is 785. The fourth-order valence-electron chi connectivity index (χ4n) is 2.60. The predicted octanol–water partition coefficient (Wildman–Crippen LogP) is 2.32. The van der Waals surface area contributed by atoms with E-state index >= 15 is 0 Å². The van der Waals surface area contributed by atoms with Crippen molar-refractivity contribution in [2.75, 3.05) is 12.3 Å². The molecule has 1 aliphatic heterocycles. The van der Waals surface area contributed by atoms with Gasteiger partial charge in [0, 0.05) is 18.8 Å². The van der Waals surface area contributed by atoms with Crippen molar-refractivity contribution in [1.29, 1.82) is 0 Å². The standard InChI is InChI=1S/C16H18N2O2S/c1-12-6-7-15(10-16(12)17)21(19,20)18-9-8-13-4-2-3-5-14(13)11-18/h2-7,10H,8-9,11,17H2,1H3. The largest absolute Gasteiger partial charge is 0.398 e. The van der Waals surface area contributed by atoms with Gasteiger partial charge < -0.3 is 5.73 Å². The number of hydrogen-bond acceptors (Lipinski definition) is 3. The van der Waals surface area contributed by atoms with Crippen LogP contribution in [0.4, 0.5) is 5.69 Å². The Balaban J connectivity index is 1.95. The molecule has 0 aromatic heterocycles. The van der Waals surface area contributed by atoms with E-state index in [1.807, 2.05) is 25.1 Å². The number of nitrogens with zero attached hydrogens (tertiary/aromatic N) is 1. The SMILES string of the molecule is Cc1ccc(S(=O)(=O)N2CCc3ccccc3C2)cc1N. The normalized spacial score (nSPS) is 15.7. The lowest BCUT2D eigenvalue weighted by Crippen LogP contribution is -2.35. The molecule has 0 fully saturated rings. The van der Waals surface area contributed by atoms with Gasteiger partial charge in [0.1, 0.15) is 0 Å². The third kappa shape index (κ3) is 2.54. The minimum Gasteiger partial charge on any atom is -0.398 e. The molecule has 2 aromatic carbocycles. The van der Waals surface area contributed by atoms with Crippen LogP contribution in [0.3, 0.4) is 0 Å². The van der Waals surface area contributed by atoms with Crippen LogP contribution in [-0.4, -0.2) is 19.3 Å². The zero-order valence-corrected chi connectivity index (χ0v) is 12.7. The molecule has 5 heteroatoms. The van der Waals surface area contributed by atoms with Gasteiger partial charge in [-0.1, -0.05) is 30.3 Å². The summed E-state index contributed by atoms with van der Waals surface area (Å²) in [7, 11) is -3.49. The number of aryl methyl sites for hydroxylation is 1. The van der Waals surface area contributed by atoms with Crippen LogP contribution in [0.5, 0.6) is 0 Å². The molecule has 0 atom stereocenters. The molecule has 3 rings (SSSR count). The molecule has 0 amide bonds. The Morgan fingerprint density at radius 3 is 2.52 bits per heavy atom. The fraction of sp³-hybridized carbons (Fsp3) is 0.250. The highest BCUT2D eigenvalue weighted by Crippen LogP contribution is 2.26. The maximum Gasteiger partial charge on any atom is 0.243 e. The second kappa shape index (κ2) is 5.16. The molecular formula is C16H18N2O2S. The third-order valence-corrected chi connectivity index (χ3v) is 5.83. The number of sulfonamides is 1. The summed E-state index contributed by atoms with van der Waals surface area (Å²) in [6.07, 6.45) is 0.747. The summed E-state index contributed by atoms with van der Waals surface area (Å²) >= 11 is 0. The first-order valence-corrected chi connectivity index (χ1v) is 8.35. The molecule has 21 heavy (non-hydrogen) atoms. The summed E-state index contributed by atoms with van der Waals surface area (Å²) < 4.78 is 27.0. The van der Waals surface area contributed by atoms with Crippen molar-refractivity contribution in [3.05, 3.63) is 59.2 Å². The summed E-state index contributed by atoms with van der Waals surface area (Å²) in [6.45, 7) is 2.79. The number of fused-ring (bicyclic) bond motifs is 1. The van der Waals surface area contributed by atoms with Crippen molar-refractivity contribution in [2.24, 2.45) is 0 Å². The van der Waals surface area contributed by atoms with Crippen molar-refractivity contribution >= 4 is 15.7 Å². The number of anilines is 1. The van der Waals surface area contributed by atoms with Gasteiger partial charge in [-0.25, -0.2) is 8.42 Å². The Labute approximate surface area is 125 Å². The number of nitrogen functional groups attached to an aromatic ring is 1. The molecule has 2 N–H and O–H groups in total. The number of nitrogens with two attached hydrogens (primary N) is 1. The number of hydrogen-bond donors (Lipinski definition) is 1. The second-order valence-corrected chi connectivity index (χ2v) is 7.31. The van der Waals surface area contributed by atoms with Crippen LogP contribution in [0, 0.1) is 6.92 Å². The van der Waals surface area contributed by atoms with E-state index in [0.29, 0.717) is 18.8 Å². The summed E-state index contributed by atoms with van der Waals surface area (Å²) in [5.41, 5.74) is 9.54. The van der Waals surface area contributed by atoms with Gasteiger partial charge in [0.05, 0.1) is 4.90 Å². The molecule has 110 valence electrons. The Morgan fingerprint density at radius 1 is 1.10 bits per heavy atom. The first-order valence-electron chi connectivity index (χ1n) is 6.91. The average Bonchev–Trinajstić information content (AvgIpc) is 2.49. The van der Waals surface area contributed by atoms with Crippen LogP contribution in [0.15, 0.2) is 47.4 Å². The van der Waals surface area contributed by atoms with Crippen molar-refractivity contribution in [3.8, 4) is 0 Å². The van der Waals surface area contributed by atoms with Gasteiger partial charge in [-0.15, -0.1) is 0 Å². The van der Waals surface area contributed by atoms with E-state index in [0.717, 1.165) is 17.5 Å². The lowest BCUT2D eigenvalue weighted by atomic mass is 10.0. The summed E-state index contributed by atoms with van der Waals surface area (Å²) in [6, 6.07) is 12.9. The first-order chi connectivity index (χ1) is 9.98. The molecule has 1 aliphatic rings. The lowest BCUT2D eigenvalue weighted by molar-refractivity contribution is 0.391. The van der Waals surface area contributed by atoms with Gasteiger partial charge in [-0.05, 0) is 42.2 Å². The highest BCUT2D eigenvalue weighted by molar-refractivity contribution is 7.89. The van der Waals surface area contributed by atoms with Crippen molar-refractivity contribution in [3.63, 3.8) is 0 Å². The highest BCUT2D eigenvalue weighted by atomic mass is 32.2. The van der Waals surface area contributed by atoms with E-state index in [4.69, 9.17) is 5.73 Å². The maximum atomic E-state index is 12.7. The summed E-state index contributed by atoms with van der Waals surface area (Å²) in [5.74, 6) is 0. The first kappa shape index (κ1) is 14.1. The molecule has 0 radical (unpaired) electrons. The minimum atomic E-state index is -3.49. The maximum absolute atomic E-state index is 12.7. The molecule has 0 spiro atoms. The zero-order valence-electron chi connectivity index (χ0n) is 11.9. The average molecular weight is 302 g/mol. The van der Waals surface area contributed by atoms with Gasteiger partial charge in [-0.2, -0.15) is 4.31 Å². The smallest absolute Gasteiger partial charge is 0.243 e. The number of benzene rings is 2. The topological polar surface area (TPSA) is 63.4 Å². The van der Waals surface area contributed by atoms with Crippen LogP contribution in [-0.2, 0) is 23.0 Å². The monoisotopic (exact) mass is 302 g/mol. The van der Waals surface area contributed by atoms with Gasteiger partial charge >= 0.3 is 0 Å². The Hall–Kier alpha value is -1.85. The van der Waals surface area contributed by atoms with Gasteiger partial charge in [-0.3, -0.25) is 0 Å². The van der Waals surface area contributed by atoms with Crippen LogP contribution < -0.4 is 5.73 Å². The van der Waals surface area contributed by atoms with E-state index < -0.39 is 10.0 Å². The fourth-order valence-corrected chi connectivity index (χ4v) is 4.06. The quantitative estimate of drug-likeness (QED) is 0.866. The lowest BCUT2D eigenvalue weighted by Gasteiger charge is -2.28. The van der Waals surface area contributed by atoms with Crippen LogP contribution in [0.2, 0.25) is 0 Å². The highest BCUT2D eigenvalue weighted by Gasteiger charge is 2.28. The molecule has 0 saturated carbocycles. The molecule has 0 unspecified atom stereocenters. The summed E-state index contributed by atoms with van der Waals surface area (Å²) in [5, 5.41) is 0. The second-order valence-electron chi connectivity index (χ2n) is 5.38. The van der Waals surface area contributed by atoms with Crippen LogP contribution in [0.1, 0.15) is 16.7 Å². The van der Waals surface area contributed by atoms with Crippen molar-refractivity contribution in [1.82, 2.24) is 4.31 Å². The van der Waals surface area contributed by atoms with Gasteiger partial charge in [0.15, 0.2) is 0 Å². The van der Waals surface area contributed by atoms with Crippen LogP contribution in [0.25, 0.3) is 0 Å². The van der Waals surface area contributed by atoms with E-state index in [1.165, 1.54) is 9.87 Å². The predicted molar refractivity (Wildman–Crippen MR) is 83.3 cm³/mol. The molecule has 0 bridgehead atoms. The molecule has 4 nitrogen and oxygen atoms in total. The van der Waals surface area contributed by atoms with E-state index in [-0.39, 0.29) is 4.90 Å². The van der Waals surface area contributed by atoms with Crippen molar-refractivity contribution < 1.29 is 8.42 Å². The van der Waals surface area contributed by atoms with Crippen LogP contribution >= 0.6 is 0 Å². The van der Waals surface area contributed by atoms with E-state index in [9.17, 15) is 8.42 Å². The molecule has 1 heterocycles. The molecular weight excluding hydrogens is 284 g/mol. The third-order valence-electron chi connectivity index (χ3n) is 3.98. The van der Waals surface area contributed by atoms with Gasteiger partial charge in [0.25, 0.3) is 0 Å². The summed E-state index contributed by atoms with van der Waals surface area (Å²) in [4.78, 5) is 0.269. The van der Waals surface area contributed by atoms with E-state index in [1.54, 1.807) is 18.2 Å². The van der Waals surface area contributed by atoms with Gasteiger partial charge in [0.2, 0.25) is 10.0 Å². The zero-order chi connectivity index (χ0) is 15.0. The van der Waals surface area contributed by atoms with Crippen molar-refractivity contribution in [2.45, 2.75) is 24.8 Å². The molecule has 0 saturated heterocycles. The molecule has 0 aliphatic carbocycles.